The van der Waals surface area contributed by atoms with Gasteiger partial charge in [-0.2, -0.15) is 0 Å². The number of carbonyl (C=O) groups is 4. The molecule has 10 nitrogen and oxygen atoms in total. The van der Waals surface area contributed by atoms with Crippen molar-refractivity contribution in [2.45, 2.75) is 78.6 Å². The summed E-state index contributed by atoms with van der Waals surface area (Å²) in [6.45, 7) is 10.8. The van der Waals surface area contributed by atoms with E-state index in [2.05, 4.69) is 16.0 Å². The number of nitrogens with one attached hydrogen (secondary N) is 3. The maximum absolute atomic E-state index is 13.1. The van der Waals surface area contributed by atoms with E-state index in [0.717, 1.165) is 0 Å². The molecule has 3 amide bonds. The summed E-state index contributed by atoms with van der Waals surface area (Å²) in [5.41, 5.74) is 6.52. The Bertz CT molecular complexity index is 871. The fraction of sp³-hybridized carbons (Fsp3) is 0.600. The molecule has 7 N–H and O–H groups in total. The third-order valence-electron chi connectivity index (χ3n) is 6.05. The first-order chi connectivity index (χ1) is 16.3. The molecule has 196 valence electrons. The molecule has 0 aromatic heterocycles. The van der Waals surface area contributed by atoms with Crippen LogP contribution in [0.2, 0.25) is 0 Å². The second kappa shape index (κ2) is 13.7. The van der Waals surface area contributed by atoms with Gasteiger partial charge in [-0.3, -0.25) is 14.4 Å². The Morgan fingerprint density at radius 2 is 1.34 bits per heavy atom. The summed E-state index contributed by atoms with van der Waals surface area (Å²) in [7, 11) is 0. The summed E-state index contributed by atoms with van der Waals surface area (Å²) in [6.07, 6.45) is 0.547. The summed E-state index contributed by atoms with van der Waals surface area (Å²) in [4.78, 5) is 50.5. The lowest BCUT2D eigenvalue weighted by molar-refractivity contribution is -0.142. The molecule has 0 saturated carbocycles. The molecule has 0 radical (unpaired) electrons. The monoisotopic (exact) mass is 492 g/mol. The molecule has 0 bridgehead atoms. The molecule has 5 unspecified atom stereocenters. The van der Waals surface area contributed by atoms with E-state index in [1.165, 1.54) is 12.1 Å². The number of phenolic OH excluding ortho intramolecular Hbond substituents is 1. The molecule has 35 heavy (non-hydrogen) atoms. The van der Waals surface area contributed by atoms with Crippen molar-refractivity contribution < 1.29 is 29.4 Å². The third-order valence-corrected chi connectivity index (χ3v) is 6.05. The predicted octanol–water partition coefficient (Wildman–Crippen LogP) is 1.16. The zero-order valence-electron chi connectivity index (χ0n) is 21.4. The molecule has 0 aliphatic carbocycles. The highest BCUT2D eigenvalue weighted by molar-refractivity contribution is 5.94. The van der Waals surface area contributed by atoms with E-state index in [9.17, 15) is 29.4 Å². The predicted molar refractivity (Wildman–Crippen MR) is 132 cm³/mol. The molecule has 1 aromatic rings. The molecule has 0 fully saturated rings. The summed E-state index contributed by atoms with van der Waals surface area (Å²) in [6, 6.07) is 2.07. The lowest BCUT2D eigenvalue weighted by Gasteiger charge is -2.29. The summed E-state index contributed by atoms with van der Waals surface area (Å²) < 4.78 is 0. The number of aromatic hydroxyl groups is 1. The van der Waals surface area contributed by atoms with E-state index in [0.29, 0.717) is 12.0 Å². The van der Waals surface area contributed by atoms with Crippen molar-refractivity contribution in [3.05, 3.63) is 29.8 Å². The van der Waals surface area contributed by atoms with Crippen molar-refractivity contribution in [3.63, 3.8) is 0 Å². The molecular weight excluding hydrogens is 452 g/mol. The van der Waals surface area contributed by atoms with Gasteiger partial charge < -0.3 is 31.9 Å². The van der Waals surface area contributed by atoms with E-state index in [1.54, 1.807) is 46.8 Å². The van der Waals surface area contributed by atoms with Crippen molar-refractivity contribution >= 4 is 23.7 Å². The summed E-state index contributed by atoms with van der Waals surface area (Å²) in [5, 5.41) is 27.0. The van der Waals surface area contributed by atoms with E-state index in [1.807, 2.05) is 6.92 Å². The standard InChI is InChI=1S/C25H40N4O6/c1-7-15(6)21(29-23(32)20(14(4)5)28-22(31)19(26)13(2)3)24(33)27-18(25(34)35)12-16-8-10-17(30)11-9-16/h8-11,13-15,18-21,30H,7,12,26H2,1-6H3,(H,27,33)(H,28,31)(H,29,32)(H,34,35). The highest BCUT2D eigenvalue weighted by Crippen LogP contribution is 2.14. The molecule has 5 atom stereocenters. The van der Waals surface area contributed by atoms with Crippen LogP contribution in [0.1, 0.15) is 53.5 Å². The molecule has 0 spiro atoms. The number of carboxylic acids is 1. The van der Waals surface area contributed by atoms with Gasteiger partial charge in [0.25, 0.3) is 0 Å². The first-order valence-corrected chi connectivity index (χ1v) is 12.0. The topological polar surface area (TPSA) is 171 Å². The number of amides is 3. The van der Waals surface area contributed by atoms with Crippen LogP contribution in [-0.4, -0.2) is 58.1 Å². The van der Waals surface area contributed by atoms with E-state index >= 15 is 0 Å². The fourth-order valence-electron chi connectivity index (χ4n) is 3.36. The van der Waals surface area contributed by atoms with Gasteiger partial charge in [-0.15, -0.1) is 0 Å². The zero-order chi connectivity index (χ0) is 26.9. The van der Waals surface area contributed by atoms with Gasteiger partial charge >= 0.3 is 5.97 Å². The number of carbonyl (C=O) groups excluding carboxylic acids is 3. The Morgan fingerprint density at radius 3 is 1.80 bits per heavy atom. The molecule has 0 aliphatic heterocycles. The largest absolute Gasteiger partial charge is 0.508 e. The van der Waals surface area contributed by atoms with Crippen molar-refractivity contribution in [2.24, 2.45) is 23.5 Å². The molecule has 1 aromatic carbocycles. The maximum Gasteiger partial charge on any atom is 0.326 e. The number of hydrogen-bond donors (Lipinski definition) is 6. The zero-order valence-corrected chi connectivity index (χ0v) is 21.4. The second-order valence-electron chi connectivity index (χ2n) is 9.64. The lowest BCUT2D eigenvalue weighted by Crippen LogP contribution is -2.60. The maximum atomic E-state index is 13.1. The van der Waals surface area contributed by atoms with Crippen LogP contribution in [0.25, 0.3) is 0 Å². The third kappa shape index (κ3) is 9.20. The van der Waals surface area contributed by atoms with Gasteiger partial charge in [0.2, 0.25) is 17.7 Å². The minimum atomic E-state index is -1.24. The van der Waals surface area contributed by atoms with Gasteiger partial charge in [-0.1, -0.05) is 60.1 Å². The van der Waals surface area contributed by atoms with Gasteiger partial charge in [0.1, 0.15) is 23.9 Å². The number of benzene rings is 1. The molecular formula is C25H40N4O6. The first kappa shape index (κ1) is 29.9. The smallest absolute Gasteiger partial charge is 0.326 e. The molecule has 0 heterocycles. The van der Waals surface area contributed by atoms with Crippen LogP contribution >= 0.6 is 0 Å². The van der Waals surface area contributed by atoms with Crippen molar-refractivity contribution in [2.75, 3.05) is 0 Å². The normalized spacial score (nSPS) is 15.6. The van der Waals surface area contributed by atoms with E-state index in [-0.39, 0.29) is 29.9 Å². The molecule has 0 saturated heterocycles. The van der Waals surface area contributed by atoms with Crippen molar-refractivity contribution in [3.8, 4) is 5.75 Å². The van der Waals surface area contributed by atoms with Gasteiger partial charge in [0.05, 0.1) is 6.04 Å². The Balaban J connectivity index is 3.02. The highest BCUT2D eigenvalue weighted by Gasteiger charge is 2.34. The Kier molecular flexibility index (Phi) is 11.7. The van der Waals surface area contributed by atoms with Crippen LogP contribution in [0.15, 0.2) is 24.3 Å². The van der Waals surface area contributed by atoms with Gasteiger partial charge in [-0.25, -0.2) is 4.79 Å². The Morgan fingerprint density at radius 1 is 0.829 bits per heavy atom. The van der Waals surface area contributed by atoms with Crippen LogP contribution in [0.5, 0.6) is 5.75 Å². The number of nitrogens with two attached hydrogens (primary N) is 1. The number of aliphatic carboxylic acids is 1. The highest BCUT2D eigenvalue weighted by atomic mass is 16.4. The lowest BCUT2D eigenvalue weighted by atomic mass is 9.95. The van der Waals surface area contributed by atoms with Crippen LogP contribution in [-0.2, 0) is 25.6 Å². The molecule has 1 rings (SSSR count). The number of rotatable bonds is 13. The minimum absolute atomic E-state index is 0.000290. The quantitative estimate of drug-likeness (QED) is 0.240. The van der Waals surface area contributed by atoms with Gasteiger partial charge in [0, 0.05) is 6.42 Å². The first-order valence-electron chi connectivity index (χ1n) is 12.0. The van der Waals surface area contributed by atoms with Crippen LogP contribution in [0.4, 0.5) is 0 Å². The second-order valence-corrected chi connectivity index (χ2v) is 9.64. The van der Waals surface area contributed by atoms with Crippen molar-refractivity contribution in [1.29, 1.82) is 0 Å². The summed E-state index contributed by atoms with van der Waals surface area (Å²) >= 11 is 0. The van der Waals surface area contributed by atoms with Crippen LogP contribution in [0, 0.1) is 17.8 Å². The van der Waals surface area contributed by atoms with Crippen molar-refractivity contribution in [1.82, 2.24) is 16.0 Å². The SMILES string of the molecule is CCC(C)C(NC(=O)C(NC(=O)C(N)C(C)C)C(C)C)C(=O)NC(Cc1ccc(O)cc1)C(=O)O. The minimum Gasteiger partial charge on any atom is -0.508 e. The van der Waals surface area contributed by atoms with Gasteiger partial charge in [-0.05, 0) is 35.4 Å². The summed E-state index contributed by atoms with van der Waals surface area (Å²) in [5.74, 6) is -3.52. The average molecular weight is 493 g/mol. The number of phenols is 1. The molecule has 10 heteroatoms. The Labute approximate surface area is 207 Å². The van der Waals surface area contributed by atoms with Crippen LogP contribution in [0.3, 0.4) is 0 Å². The van der Waals surface area contributed by atoms with E-state index < -0.39 is 47.9 Å². The van der Waals surface area contributed by atoms with Gasteiger partial charge in [0.15, 0.2) is 0 Å². The van der Waals surface area contributed by atoms with E-state index in [4.69, 9.17) is 5.73 Å². The fourth-order valence-corrected chi connectivity index (χ4v) is 3.36. The number of carboxylic acid groups (broad SMARTS) is 1. The Hall–Kier alpha value is -3.14. The average Bonchev–Trinajstić information content (AvgIpc) is 2.79. The molecule has 0 aliphatic rings. The number of hydrogen-bond acceptors (Lipinski definition) is 6. The van der Waals surface area contributed by atoms with Crippen LogP contribution < -0.4 is 21.7 Å².